The predicted octanol–water partition coefficient (Wildman–Crippen LogP) is 4.26. The number of oxazole rings is 1. The summed E-state index contributed by atoms with van der Waals surface area (Å²) in [5.41, 5.74) is -0.389. The van der Waals surface area contributed by atoms with E-state index in [9.17, 15) is 22.8 Å². The SMILES string of the molecule is COC(=O)N1CC[C@H](Nc2ccc(NC(=O)c3nc(-c4ccccc4)oc3C(F)(F)F)cn2)C1. The lowest BCUT2D eigenvalue weighted by Crippen LogP contribution is -2.31. The Labute approximate surface area is 191 Å². The summed E-state index contributed by atoms with van der Waals surface area (Å²) in [5, 5.41) is 5.53. The van der Waals surface area contributed by atoms with E-state index >= 15 is 0 Å². The van der Waals surface area contributed by atoms with Gasteiger partial charge in [0.2, 0.25) is 11.7 Å². The Kier molecular flexibility index (Phi) is 6.39. The largest absolute Gasteiger partial charge is 0.453 e. The maximum absolute atomic E-state index is 13.5. The Morgan fingerprint density at radius 3 is 2.59 bits per heavy atom. The lowest BCUT2D eigenvalue weighted by Gasteiger charge is -2.16. The van der Waals surface area contributed by atoms with Crippen molar-refractivity contribution in [2.75, 3.05) is 30.8 Å². The first kappa shape index (κ1) is 23.1. The number of carbonyl (C=O) groups excluding carboxylic acids is 2. The number of halogens is 3. The van der Waals surface area contributed by atoms with E-state index in [-0.39, 0.29) is 17.6 Å². The highest BCUT2D eigenvalue weighted by Gasteiger charge is 2.42. The Morgan fingerprint density at radius 1 is 1.18 bits per heavy atom. The van der Waals surface area contributed by atoms with E-state index in [1.54, 1.807) is 29.2 Å². The summed E-state index contributed by atoms with van der Waals surface area (Å²) in [5.74, 6) is -2.39. The van der Waals surface area contributed by atoms with Crippen molar-refractivity contribution in [1.82, 2.24) is 14.9 Å². The molecule has 0 radical (unpaired) electrons. The second kappa shape index (κ2) is 9.41. The number of amides is 2. The predicted molar refractivity (Wildman–Crippen MR) is 115 cm³/mol. The van der Waals surface area contributed by atoms with E-state index in [0.717, 1.165) is 0 Å². The standard InChI is InChI=1S/C22H20F3N5O4/c1-33-21(32)30-10-9-15(12-30)27-16-8-7-14(11-26-16)28-19(31)17-18(22(23,24)25)34-20(29-17)13-5-3-2-4-6-13/h2-8,11,15H,9-10,12H2,1H3,(H,26,27)(H,28,31)/t15-/m0/s1. The monoisotopic (exact) mass is 475 g/mol. The van der Waals surface area contributed by atoms with Crippen molar-refractivity contribution >= 4 is 23.5 Å². The number of alkyl halides is 3. The topological polar surface area (TPSA) is 110 Å². The first-order chi connectivity index (χ1) is 16.2. The molecule has 0 saturated carbocycles. The van der Waals surface area contributed by atoms with E-state index in [1.807, 2.05) is 0 Å². The number of aromatic nitrogens is 2. The number of anilines is 2. The average Bonchev–Trinajstić information content (AvgIpc) is 3.48. The molecule has 9 nitrogen and oxygen atoms in total. The molecule has 1 aliphatic heterocycles. The Hall–Kier alpha value is -4.09. The van der Waals surface area contributed by atoms with Crippen molar-refractivity contribution in [2.24, 2.45) is 0 Å². The molecule has 2 aromatic heterocycles. The first-order valence-corrected chi connectivity index (χ1v) is 10.2. The van der Waals surface area contributed by atoms with Crippen molar-refractivity contribution in [3.63, 3.8) is 0 Å². The highest BCUT2D eigenvalue weighted by atomic mass is 19.4. The molecular formula is C22H20F3N5O4. The molecule has 0 unspecified atom stereocenters. The molecule has 2 amide bonds. The number of rotatable bonds is 5. The normalized spacial score (nSPS) is 15.8. The van der Waals surface area contributed by atoms with Crippen LogP contribution in [0.15, 0.2) is 53.1 Å². The summed E-state index contributed by atoms with van der Waals surface area (Å²) >= 11 is 0. The van der Waals surface area contributed by atoms with E-state index in [1.165, 1.54) is 31.5 Å². The molecule has 3 heterocycles. The Morgan fingerprint density at radius 2 is 1.94 bits per heavy atom. The Bertz CT molecular complexity index is 1170. The number of nitrogens with one attached hydrogen (secondary N) is 2. The van der Waals surface area contributed by atoms with Crippen LogP contribution in [0.5, 0.6) is 0 Å². The van der Waals surface area contributed by atoms with Gasteiger partial charge in [0.1, 0.15) is 5.82 Å². The van der Waals surface area contributed by atoms with Gasteiger partial charge >= 0.3 is 12.3 Å². The average molecular weight is 475 g/mol. The summed E-state index contributed by atoms with van der Waals surface area (Å²) < 4.78 is 50.0. The number of nitrogens with zero attached hydrogens (tertiary/aromatic N) is 3. The van der Waals surface area contributed by atoms with Gasteiger partial charge in [0, 0.05) is 24.7 Å². The minimum Gasteiger partial charge on any atom is -0.453 e. The van der Waals surface area contributed by atoms with Crippen LogP contribution >= 0.6 is 0 Å². The quantitative estimate of drug-likeness (QED) is 0.567. The van der Waals surface area contributed by atoms with Gasteiger partial charge < -0.3 is 24.7 Å². The van der Waals surface area contributed by atoms with Crippen molar-refractivity contribution in [3.8, 4) is 11.5 Å². The van der Waals surface area contributed by atoms with Crippen LogP contribution < -0.4 is 10.6 Å². The zero-order valence-electron chi connectivity index (χ0n) is 17.9. The van der Waals surface area contributed by atoms with Crippen molar-refractivity contribution in [2.45, 2.75) is 18.6 Å². The minimum atomic E-state index is -4.90. The third-order valence-electron chi connectivity index (χ3n) is 5.11. The molecule has 178 valence electrons. The number of pyridine rings is 1. The molecule has 1 saturated heterocycles. The van der Waals surface area contributed by atoms with Crippen LogP contribution in [-0.4, -0.2) is 53.1 Å². The number of hydrogen-bond donors (Lipinski definition) is 2. The summed E-state index contributed by atoms with van der Waals surface area (Å²) in [6, 6.07) is 11.0. The third-order valence-corrected chi connectivity index (χ3v) is 5.11. The van der Waals surface area contributed by atoms with Crippen molar-refractivity contribution in [1.29, 1.82) is 0 Å². The third kappa shape index (κ3) is 5.11. The fraction of sp³-hybridized carbons (Fsp3) is 0.273. The molecule has 0 aliphatic carbocycles. The smallest absolute Gasteiger partial charge is 0.452 e. The van der Waals surface area contributed by atoms with Gasteiger partial charge in [-0.1, -0.05) is 18.2 Å². The van der Waals surface area contributed by atoms with Crippen LogP contribution in [0.1, 0.15) is 22.7 Å². The van der Waals surface area contributed by atoms with Crippen LogP contribution in [0.25, 0.3) is 11.5 Å². The number of methoxy groups -OCH3 is 1. The van der Waals surface area contributed by atoms with Gasteiger partial charge in [-0.25, -0.2) is 14.8 Å². The van der Waals surface area contributed by atoms with Gasteiger partial charge in [-0.05, 0) is 30.7 Å². The molecule has 0 bridgehead atoms. The molecular weight excluding hydrogens is 455 g/mol. The molecule has 2 N–H and O–H groups in total. The van der Waals surface area contributed by atoms with Gasteiger partial charge in [-0.3, -0.25) is 4.79 Å². The van der Waals surface area contributed by atoms with Crippen LogP contribution in [-0.2, 0) is 10.9 Å². The lowest BCUT2D eigenvalue weighted by molar-refractivity contribution is -0.153. The number of hydrogen-bond acceptors (Lipinski definition) is 7. The zero-order valence-corrected chi connectivity index (χ0v) is 17.9. The van der Waals surface area contributed by atoms with E-state index < -0.39 is 29.6 Å². The van der Waals surface area contributed by atoms with Gasteiger partial charge in [0.15, 0.2) is 5.69 Å². The maximum Gasteiger partial charge on any atom is 0.452 e. The molecule has 1 aliphatic rings. The minimum absolute atomic E-state index is 0.0343. The van der Waals surface area contributed by atoms with Crippen LogP contribution in [0, 0.1) is 0 Å². The number of likely N-dealkylation sites (tertiary alicyclic amines) is 1. The second-order valence-electron chi connectivity index (χ2n) is 7.49. The molecule has 3 aromatic rings. The number of benzene rings is 1. The van der Waals surface area contributed by atoms with Gasteiger partial charge in [-0.15, -0.1) is 0 Å². The zero-order chi connectivity index (χ0) is 24.3. The first-order valence-electron chi connectivity index (χ1n) is 10.2. The molecule has 4 rings (SSSR count). The summed E-state index contributed by atoms with van der Waals surface area (Å²) in [7, 11) is 1.32. The van der Waals surface area contributed by atoms with Crippen molar-refractivity contribution in [3.05, 3.63) is 60.1 Å². The molecule has 34 heavy (non-hydrogen) atoms. The van der Waals surface area contributed by atoms with E-state index in [4.69, 9.17) is 9.15 Å². The van der Waals surface area contributed by atoms with Gasteiger partial charge in [0.25, 0.3) is 5.91 Å². The van der Waals surface area contributed by atoms with Crippen molar-refractivity contribution < 1.29 is 31.9 Å². The van der Waals surface area contributed by atoms with E-state index in [0.29, 0.717) is 30.9 Å². The van der Waals surface area contributed by atoms with Crippen LogP contribution in [0.2, 0.25) is 0 Å². The molecule has 1 aromatic carbocycles. The molecule has 1 fully saturated rings. The highest BCUT2D eigenvalue weighted by Crippen LogP contribution is 2.35. The number of carbonyl (C=O) groups is 2. The van der Waals surface area contributed by atoms with Crippen LogP contribution in [0.4, 0.5) is 29.5 Å². The molecule has 1 atom stereocenters. The lowest BCUT2D eigenvalue weighted by atomic mass is 10.2. The van der Waals surface area contributed by atoms with E-state index in [2.05, 4.69) is 20.6 Å². The summed E-state index contributed by atoms with van der Waals surface area (Å²) in [4.78, 5) is 33.7. The van der Waals surface area contributed by atoms with Gasteiger partial charge in [0.05, 0.1) is 19.0 Å². The fourth-order valence-corrected chi connectivity index (χ4v) is 3.50. The fourth-order valence-electron chi connectivity index (χ4n) is 3.50. The van der Waals surface area contributed by atoms with Crippen LogP contribution in [0.3, 0.4) is 0 Å². The maximum atomic E-state index is 13.5. The summed E-state index contributed by atoms with van der Waals surface area (Å²) in [6.07, 6.45) is -3.31. The highest BCUT2D eigenvalue weighted by molar-refractivity contribution is 6.04. The second-order valence-corrected chi connectivity index (χ2v) is 7.49. The Balaban J connectivity index is 1.45. The number of ether oxygens (including phenoxy) is 1. The molecule has 12 heteroatoms. The summed E-state index contributed by atoms with van der Waals surface area (Å²) in [6.45, 7) is 0.992. The molecule has 0 spiro atoms. The van der Waals surface area contributed by atoms with Gasteiger partial charge in [-0.2, -0.15) is 13.2 Å².